The van der Waals surface area contributed by atoms with Crippen LogP contribution in [0.4, 0.5) is 0 Å². The second-order valence-electron chi connectivity index (χ2n) is 7.00. The maximum absolute atomic E-state index is 11.9. The zero-order chi connectivity index (χ0) is 21.3. The van der Waals surface area contributed by atoms with Gasteiger partial charge in [0.2, 0.25) is 0 Å². The number of pyridine rings is 1. The van der Waals surface area contributed by atoms with E-state index in [1.807, 2.05) is 18.2 Å². The zero-order valence-electron chi connectivity index (χ0n) is 17.8. The van der Waals surface area contributed by atoms with Gasteiger partial charge in [0, 0.05) is 44.4 Å². The first-order valence-electron chi connectivity index (χ1n) is 10.3. The van der Waals surface area contributed by atoms with E-state index in [1.165, 1.54) is 0 Å². The first-order chi connectivity index (χ1) is 14.6. The van der Waals surface area contributed by atoms with Gasteiger partial charge in [-0.05, 0) is 23.6 Å². The molecule has 0 amide bonds. The van der Waals surface area contributed by atoms with Gasteiger partial charge in [0.05, 0.1) is 12.2 Å². The molecule has 0 aliphatic heterocycles. The minimum Gasteiger partial charge on any atom is -0.361 e. The van der Waals surface area contributed by atoms with E-state index in [2.05, 4.69) is 46.8 Å². The molecule has 0 unspecified atom stereocenters. The minimum absolute atomic E-state index is 0.00315. The molecule has 0 bridgehead atoms. The molecule has 0 fully saturated rings. The number of aliphatic imine (C=N–C) groups is 1. The van der Waals surface area contributed by atoms with Crippen molar-refractivity contribution in [1.82, 2.24) is 20.4 Å². The summed E-state index contributed by atoms with van der Waals surface area (Å²) in [5, 5.41) is 10.8. The fourth-order valence-electron chi connectivity index (χ4n) is 3.27. The molecular weight excluding hydrogens is 378 g/mol. The van der Waals surface area contributed by atoms with Crippen molar-refractivity contribution < 1.29 is 4.52 Å². The minimum atomic E-state index is 0.00315. The van der Waals surface area contributed by atoms with E-state index in [0.29, 0.717) is 19.6 Å². The van der Waals surface area contributed by atoms with Crippen molar-refractivity contribution >= 4 is 5.96 Å². The van der Waals surface area contributed by atoms with Crippen LogP contribution in [-0.2, 0) is 32.5 Å². The number of nitrogens with one attached hydrogen (secondary N) is 2. The third kappa shape index (κ3) is 5.37. The van der Waals surface area contributed by atoms with Crippen LogP contribution in [-0.4, -0.2) is 22.7 Å². The van der Waals surface area contributed by atoms with E-state index in [4.69, 9.17) is 4.52 Å². The molecule has 1 aromatic carbocycles. The monoisotopic (exact) mass is 407 g/mol. The fourth-order valence-corrected chi connectivity index (χ4v) is 3.27. The summed E-state index contributed by atoms with van der Waals surface area (Å²) < 4.78 is 7.11. The highest BCUT2D eigenvalue weighted by Gasteiger charge is 2.13. The van der Waals surface area contributed by atoms with Crippen LogP contribution in [0.3, 0.4) is 0 Å². The Balaban J connectivity index is 1.54. The number of rotatable bonds is 8. The number of nitrogens with zero attached hydrogens (tertiary/aromatic N) is 3. The summed E-state index contributed by atoms with van der Waals surface area (Å²) in [6.45, 7) is 5.98. The molecule has 0 aliphatic carbocycles. The van der Waals surface area contributed by atoms with Crippen LogP contribution >= 0.6 is 0 Å². The van der Waals surface area contributed by atoms with Gasteiger partial charge in [-0.25, -0.2) is 0 Å². The van der Waals surface area contributed by atoms with Gasteiger partial charge in [0.15, 0.2) is 5.96 Å². The molecule has 0 saturated heterocycles. The Bertz CT molecular complexity index is 1010. The molecule has 30 heavy (non-hydrogen) atoms. The van der Waals surface area contributed by atoms with E-state index in [-0.39, 0.29) is 5.56 Å². The lowest BCUT2D eigenvalue weighted by molar-refractivity contribution is 0.380. The number of benzene rings is 1. The predicted octanol–water partition coefficient (Wildman–Crippen LogP) is 2.87. The Labute approximate surface area is 176 Å². The maximum atomic E-state index is 11.9. The van der Waals surface area contributed by atoms with Crippen molar-refractivity contribution in [1.29, 1.82) is 0 Å². The molecule has 3 aromatic rings. The van der Waals surface area contributed by atoms with Gasteiger partial charge < -0.3 is 19.7 Å². The molecule has 2 N–H and O–H groups in total. The quantitative estimate of drug-likeness (QED) is 0.443. The topological polar surface area (TPSA) is 84.4 Å². The van der Waals surface area contributed by atoms with E-state index >= 15 is 0 Å². The van der Waals surface area contributed by atoms with Gasteiger partial charge in [0.25, 0.3) is 5.56 Å². The van der Waals surface area contributed by atoms with Gasteiger partial charge in [-0.15, -0.1) is 0 Å². The highest BCUT2D eigenvalue weighted by Crippen LogP contribution is 2.15. The van der Waals surface area contributed by atoms with E-state index in [0.717, 1.165) is 46.9 Å². The van der Waals surface area contributed by atoms with Crippen LogP contribution in [0, 0.1) is 0 Å². The second kappa shape index (κ2) is 10.4. The number of aryl methyl sites for hydroxylation is 2. The van der Waals surface area contributed by atoms with E-state index in [1.54, 1.807) is 29.9 Å². The maximum Gasteiger partial charge on any atom is 0.250 e. The molecular formula is C23H29N5O2. The van der Waals surface area contributed by atoms with Crippen molar-refractivity contribution in [3.05, 3.63) is 87.2 Å². The molecule has 158 valence electrons. The van der Waals surface area contributed by atoms with Crippen LogP contribution in [0.25, 0.3) is 0 Å². The number of hydrogen-bond donors (Lipinski definition) is 2. The zero-order valence-corrected chi connectivity index (χ0v) is 17.8. The molecule has 0 radical (unpaired) electrons. The highest BCUT2D eigenvalue weighted by atomic mass is 16.5. The van der Waals surface area contributed by atoms with Gasteiger partial charge in [0.1, 0.15) is 5.76 Å². The summed E-state index contributed by atoms with van der Waals surface area (Å²) in [6.07, 6.45) is 3.46. The largest absolute Gasteiger partial charge is 0.361 e. The predicted molar refractivity (Wildman–Crippen MR) is 119 cm³/mol. The second-order valence-corrected chi connectivity index (χ2v) is 7.00. The highest BCUT2D eigenvalue weighted by molar-refractivity contribution is 5.79. The van der Waals surface area contributed by atoms with Gasteiger partial charge >= 0.3 is 0 Å². The van der Waals surface area contributed by atoms with Crippen molar-refractivity contribution in [3.63, 3.8) is 0 Å². The lowest BCUT2D eigenvalue weighted by Gasteiger charge is -2.13. The summed E-state index contributed by atoms with van der Waals surface area (Å²) in [6, 6.07) is 13.4. The van der Waals surface area contributed by atoms with Crippen LogP contribution in [0.15, 0.2) is 63.0 Å². The Kier molecular flexibility index (Phi) is 7.43. The van der Waals surface area contributed by atoms with Crippen molar-refractivity contribution in [2.75, 3.05) is 7.05 Å². The smallest absolute Gasteiger partial charge is 0.250 e. The summed E-state index contributed by atoms with van der Waals surface area (Å²) >= 11 is 0. The number of aromatic nitrogens is 2. The average molecular weight is 408 g/mol. The Morgan fingerprint density at radius 1 is 1.03 bits per heavy atom. The van der Waals surface area contributed by atoms with Crippen molar-refractivity contribution in [3.8, 4) is 0 Å². The number of guanidine groups is 1. The lowest BCUT2D eigenvalue weighted by atomic mass is 10.1. The third-order valence-corrected chi connectivity index (χ3v) is 5.00. The molecule has 0 aliphatic rings. The summed E-state index contributed by atoms with van der Waals surface area (Å²) in [4.78, 5) is 16.2. The molecule has 2 aromatic heterocycles. The van der Waals surface area contributed by atoms with E-state index in [9.17, 15) is 4.79 Å². The Morgan fingerprint density at radius 2 is 1.77 bits per heavy atom. The average Bonchev–Trinajstić information content (AvgIpc) is 3.18. The van der Waals surface area contributed by atoms with Gasteiger partial charge in [-0.1, -0.05) is 49.3 Å². The standard InChI is InChI=1S/C23H29N5O2/c1-4-20-19(21(5-2)30-27-20)15-26-23(24-3)25-14-17-9-11-18(12-10-17)16-28-13-7-6-8-22(28)29/h6-13H,4-5,14-16H2,1-3H3,(H2,24,25,26). The number of hydrogen-bond acceptors (Lipinski definition) is 4. The van der Waals surface area contributed by atoms with Crippen molar-refractivity contribution in [2.24, 2.45) is 4.99 Å². The van der Waals surface area contributed by atoms with E-state index < -0.39 is 0 Å². The van der Waals surface area contributed by atoms with Crippen LogP contribution in [0.2, 0.25) is 0 Å². The molecule has 0 spiro atoms. The molecule has 2 heterocycles. The first-order valence-corrected chi connectivity index (χ1v) is 10.3. The van der Waals surface area contributed by atoms with Gasteiger partial charge in [-0.2, -0.15) is 0 Å². The third-order valence-electron chi connectivity index (χ3n) is 5.00. The fraction of sp³-hybridized carbons (Fsp3) is 0.348. The van der Waals surface area contributed by atoms with Crippen LogP contribution in [0.1, 0.15) is 42.0 Å². The molecule has 0 saturated carbocycles. The molecule has 0 atom stereocenters. The normalized spacial score (nSPS) is 11.5. The Morgan fingerprint density at radius 3 is 2.43 bits per heavy atom. The molecule has 3 rings (SSSR count). The lowest BCUT2D eigenvalue weighted by Crippen LogP contribution is -2.36. The summed E-state index contributed by atoms with van der Waals surface area (Å²) in [5.74, 6) is 1.64. The first kappa shape index (κ1) is 21.4. The van der Waals surface area contributed by atoms with Gasteiger partial charge in [-0.3, -0.25) is 9.79 Å². The SMILES string of the molecule is CCc1noc(CC)c1CNC(=NC)NCc1ccc(Cn2ccccc2=O)cc1. The van der Waals surface area contributed by atoms with Crippen LogP contribution in [0.5, 0.6) is 0 Å². The summed E-state index contributed by atoms with van der Waals surface area (Å²) in [5.41, 5.74) is 4.33. The molecule has 7 nitrogen and oxygen atoms in total. The van der Waals surface area contributed by atoms with Crippen molar-refractivity contribution in [2.45, 2.75) is 46.3 Å². The Hall–Kier alpha value is -3.35. The molecule has 7 heteroatoms. The van der Waals surface area contributed by atoms with Crippen LogP contribution < -0.4 is 16.2 Å². The summed E-state index contributed by atoms with van der Waals surface area (Å²) in [7, 11) is 1.76.